The molecule has 1 aliphatic carbocycles. The van der Waals surface area contributed by atoms with E-state index in [1.54, 1.807) is 6.07 Å². The molecule has 1 saturated carbocycles. The molecule has 1 saturated heterocycles. The quantitative estimate of drug-likeness (QED) is 0.613. The van der Waals surface area contributed by atoms with Crippen molar-refractivity contribution >= 4 is 43.4 Å². The monoisotopic (exact) mass is 440 g/mol. The summed E-state index contributed by atoms with van der Waals surface area (Å²) >= 11 is 1.53. The molecule has 3 heterocycles. The molecule has 5 nitrogen and oxygen atoms in total. The minimum atomic E-state index is -0.250. The van der Waals surface area contributed by atoms with E-state index in [4.69, 9.17) is 0 Å². The molecule has 7 heteroatoms. The van der Waals surface area contributed by atoms with Crippen LogP contribution in [-0.4, -0.2) is 35.0 Å². The summed E-state index contributed by atoms with van der Waals surface area (Å²) in [5, 5.41) is 3.93. The molecule has 2 aliphatic rings. The van der Waals surface area contributed by atoms with Gasteiger partial charge in [0, 0.05) is 23.8 Å². The smallest absolute Gasteiger partial charge is 0.225 e. The molecule has 1 amide bonds. The first-order chi connectivity index (χ1) is 15.0. The number of nitrogens with zero attached hydrogens (tertiary/aromatic N) is 3. The van der Waals surface area contributed by atoms with E-state index in [0.29, 0.717) is 29.3 Å². The summed E-state index contributed by atoms with van der Waals surface area (Å²) in [6, 6.07) is 5.41. The first-order valence-electron chi connectivity index (χ1n) is 11.4. The summed E-state index contributed by atoms with van der Waals surface area (Å²) in [6.45, 7) is 6.05. The lowest BCUT2D eigenvalue weighted by Crippen LogP contribution is -2.49. The van der Waals surface area contributed by atoms with Gasteiger partial charge in [-0.3, -0.25) is 4.79 Å². The minimum Gasteiger partial charge on any atom is -0.355 e. The van der Waals surface area contributed by atoms with E-state index >= 15 is 0 Å². The molecule has 1 aromatic carbocycles. The number of nitrogens with one attached hydrogen (secondary N) is 1. The third kappa shape index (κ3) is 3.77. The van der Waals surface area contributed by atoms with Crippen molar-refractivity contribution in [3.8, 4) is 0 Å². The number of hydrogen-bond acceptors (Lipinski definition) is 5. The van der Waals surface area contributed by atoms with Gasteiger partial charge in [-0.05, 0) is 43.2 Å². The number of halogens is 1. The number of amides is 1. The maximum absolute atomic E-state index is 14.5. The van der Waals surface area contributed by atoms with Crippen LogP contribution in [0.5, 0.6) is 0 Å². The normalized spacial score (nSPS) is 27.0. The van der Waals surface area contributed by atoms with E-state index in [9.17, 15) is 9.18 Å². The van der Waals surface area contributed by atoms with E-state index in [1.165, 1.54) is 36.6 Å². The Hall–Kier alpha value is -2.28. The molecule has 2 fully saturated rings. The molecule has 0 bridgehead atoms. The highest BCUT2D eigenvalue weighted by Crippen LogP contribution is 2.39. The highest BCUT2D eigenvalue weighted by atomic mass is 32.1. The number of rotatable bonds is 3. The highest BCUT2D eigenvalue weighted by molar-refractivity contribution is 7.26. The van der Waals surface area contributed by atoms with Gasteiger partial charge in [-0.1, -0.05) is 32.8 Å². The van der Waals surface area contributed by atoms with E-state index < -0.39 is 0 Å². The number of carbonyl (C=O) groups is 1. The van der Waals surface area contributed by atoms with Crippen LogP contribution in [-0.2, 0) is 4.79 Å². The largest absolute Gasteiger partial charge is 0.355 e. The van der Waals surface area contributed by atoms with Gasteiger partial charge in [0.05, 0.1) is 21.5 Å². The Bertz CT molecular complexity index is 1120. The molecule has 5 rings (SSSR count). The molecule has 1 N–H and O–H groups in total. The second kappa shape index (κ2) is 8.34. The Labute approximate surface area is 186 Å². The molecule has 0 radical (unpaired) electrons. The van der Waals surface area contributed by atoms with Crippen molar-refractivity contribution in [1.29, 1.82) is 0 Å². The zero-order valence-corrected chi connectivity index (χ0v) is 18.9. The first kappa shape index (κ1) is 20.6. The van der Waals surface area contributed by atoms with Gasteiger partial charge in [-0.25, -0.2) is 14.4 Å². The van der Waals surface area contributed by atoms with E-state index in [-0.39, 0.29) is 23.7 Å². The molecule has 31 heavy (non-hydrogen) atoms. The molecular weight excluding hydrogens is 411 g/mol. The highest BCUT2D eigenvalue weighted by Gasteiger charge is 2.33. The molecule has 4 unspecified atom stereocenters. The zero-order chi connectivity index (χ0) is 21.5. The van der Waals surface area contributed by atoms with Gasteiger partial charge in [0.25, 0.3) is 0 Å². The Morgan fingerprint density at radius 2 is 2.06 bits per heavy atom. The number of anilines is 1. The number of piperidine rings is 1. The van der Waals surface area contributed by atoms with Crippen LogP contribution in [0.15, 0.2) is 24.5 Å². The van der Waals surface area contributed by atoms with Crippen LogP contribution in [0.3, 0.4) is 0 Å². The Kier molecular flexibility index (Phi) is 5.54. The van der Waals surface area contributed by atoms with Gasteiger partial charge < -0.3 is 10.2 Å². The lowest BCUT2D eigenvalue weighted by molar-refractivity contribution is -0.126. The standard InChI is InChI=1S/C24H29FN4OS/c1-14-6-3-9-18(15(14)2)28-24(30)16-7-5-11-29(12-16)23-22-21(26-13-27-23)20-17(25)8-4-10-19(20)31-22/h4,8,10,13-16,18H,3,5-7,9,11-12H2,1-2H3,(H,28,30). The average molecular weight is 441 g/mol. The SMILES string of the molecule is CC1CCCC(NC(=O)C2CCCN(c3ncnc4c3sc3cccc(F)c34)C2)C1C. The van der Waals surface area contributed by atoms with Crippen LogP contribution in [0.25, 0.3) is 20.3 Å². The number of aromatic nitrogens is 2. The van der Waals surface area contributed by atoms with Gasteiger partial charge in [-0.15, -0.1) is 11.3 Å². The van der Waals surface area contributed by atoms with Crippen molar-refractivity contribution in [3.63, 3.8) is 0 Å². The topological polar surface area (TPSA) is 58.1 Å². The zero-order valence-electron chi connectivity index (χ0n) is 18.1. The van der Waals surface area contributed by atoms with Crippen molar-refractivity contribution < 1.29 is 9.18 Å². The van der Waals surface area contributed by atoms with Crippen LogP contribution in [0, 0.1) is 23.6 Å². The van der Waals surface area contributed by atoms with Gasteiger partial charge in [0.1, 0.15) is 18.0 Å². The fourth-order valence-corrected chi connectivity index (χ4v) is 6.45. The third-order valence-corrected chi connectivity index (χ3v) is 8.48. The lowest BCUT2D eigenvalue weighted by Gasteiger charge is -2.37. The molecule has 2 aromatic heterocycles. The van der Waals surface area contributed by atoms with Gasteiger partial charge in [0.15, 0.2) is 0 Å². The summed E-state index contributed by atoms with van der Waals surface area (Å²) in [7, 11) is 0. The molecule has 1 aliphatic heterocycles. The minimum absolute atomic E-state index is 0.0469. The second-order valence-electron chi connectivity index (χ2n) is 9.26. The number of thiophene rings is 1. The van der Waals surface area contributed by atoms with Crippen LogP contribution in [0.4, 0.5) is 10.2 Å². The van der Waals surface area contributed by atoms with Crippen molar-refractivity contribution in [2.24, 2.45) is 17.8 Å². The third-order valence-electron chi connectivity index (χ3n) is 7.34. The fraction of sp³-hybridized carbons (Fsp3) is 0.542. The van der Waals surface area contributed by atoms with E-state index in [0.717, 1.165) is 41.0 Å². The Morgan fingerprint density at radius 3 is 2.94 bits per heavy atom. The number of fused-ring (bicyclic) bond motifs is 3. The van der Waals surface area contributed by atoms with Crippen molar-refractivity contribution in [1.82, 2.24) is 15.3 Å². The van der Waals surface area contributed by atoms with Crippen molar-refractivity contribution in [2.75, 3.05) is 18.0 Å². The van der Waals surface area contributed by atoms with Gasteiger partial charge >= 0.3 is 0 Å². The lowest BCUT2D eigenvalue weighted by atomic mass is 9.78. The molecule has 0 spiro atoms. The van der Waals surface area contributed by atoms with Crippen LogP contribution < -0.4 is 10.2 Å². The van der Waals surface area contributed by atoms with Crippen molar-refractivity contribution in [3.05, 3.63) is 30.3 Å². The first-order valence-corrected chi connectivity index (χ1v) is 12.2. The molecular formula is C24H29FN4OS. The number of benzene rings is 1. The van der Waals surface area contributed by atoms with Crippen LogP contribution in [0.1, 0.15) is 46.0 Å². The van der Waals surface area contributed by atoms with Crippen LogP contribution >= 0.6 is 11.3 Å². The number of carbonyl (C=O) groups excluding carboxylic acids is 1. The van der Waals surface area contributed by atoms with E-state index in [2.05, 4.69) is 34.0 Å². The average Bonchev–Trinajstić information content (AvgIpc) is 3.17. The molecule has 4 atom stereocenters. The molecule has 3 aromatic rings. The summed E-state index contributed by atoms with van der Waals surface area (Å²) in [5.74, 6) is 1.87. The maximum Gasteiger partial charge on any atom is 0.225 e. The number of hydrogen-bond donors (Lipinski definition) is 1. The summed E-state index contributed by atoms with van der Waals surface area (Å²) in [5.41, 5.74) is 0.666. The Morgan fingerprint density at radius 1 is 1.19 bits per heavy atom. The predicted molar refractivity (Wildman–Crippen MR) is 124 cm³/mol. The summed E-state index contributed by atoms with van der Waals surface area (Å²) < 4.78 is 16.2. The van der Waals surface area contributed by atoms with Crippen LogP contribution in [0.2, 0.25) is 0 Å². The summed E-state index contributed by atoms with van der Waals surface area (Å²) in [6.07, 6.45) is 6.88. The Balaban J connectivity index is 1.38. The predicted octanol–water partition coefficient (Wildman–Crippen LogP) is 5.14. The van der Waals surface area contributed by atoms with Gasteiger partial charge in [-0.2, -0.15) is 0 Å². The summed E-state index contributed by atoms with van der Waals surface area (Å²) in [4.78, 5) is 24.3. The second-order valence-corrected chi connectivity index (χ2v) is 10.3. The molecule has 164 valence electrons. The van der Waals surface area contributed by atoms with Crippen molar-refractivity contribution in [2.45, 2.75) is 52.0 Å². The van der Waals surface area contributed by atoms with Gasteiger partial charge in [0.2, 0.25) is 5.91 Å². The maximum atomic E-state index is 14.5. The van der Waals surface area contributed by atoms with E-state index in [1.807, 2.05) is 6.07 Å². The fourth-order valence-electron chi connectivity index (χ4n) is 5.26.